The Bertz CT molecular complexity index is 107. The molecule has 0 nitrogen and oxygen atoms in total. The van der Waals surface area contributed by atoms with Crippen LogP contribution in [0.1, 0.15) is 32.1 Å². The molecule has 0 radical (unpaired) electrons. The molecule has 0 amide bonds. The summed E-state index contributed by atoms with van der Waals surface area (Å²) < 4.78 is 0. The molecule has 0 saturated carbocycles. The molecule has 1 rings (SSSR count). The third-order valence-corrected chi connectivity index (χ3v) is 2.30. The van der Waals surface area contributed by atoms with E-state index >= 15 is 0 Å². The van der Waals surface area contributed by atoms with E-state index in [1.165, 1.54) is 25.7 Å². The molecular weight excluding hydrogens is 144 g/mol. The van der Waals surface area contributed by atoms with Crippen molar-refractivity contribution < 1.29 is 0 Å². The van der Waals surface area contributed by atoms with Crippen LogP contribution in [0.2, 0.25) is 0 Å². The Morgan fingerprint density at radius 3 is 3.10 bits per heavy atom. The van der Waals surface area contributed by atoms with E-state index in [0.717, 1.165) is 18.2 Å². The quantitative estimate of drug-likeness (QED) is 0.427. The summed E-state index contributed by atoms with van der Waals surface area (Å²) in [6.07, 6.45) is 11.2. The highest BCUT2D eigenvalue weighted by molar-refractivity contribution is 6.17. The van der Waals surface area contributed by atoms with Crippen LogP contribution in [0.25, 0.3) is 0 Å². The summed E-state index contributed by atoms with van der Waals surface area (Å²) in [7, 11) is 0. The molecule has 1 aliphatic carbocycles. The van der Waals surface area contributed by atoms with E-state index in [-0.39, 0.29) is 0 Å². The van der Waals surface area contributed by atoms with Crippen LogP contribution in [-0.2, 0) is 0 Å². The van der Waals surface area contributed by atoms with E-state index in [9.17, 15) is 0 Å². The maximum Gasteiger partial charge on any atom is 0.0229 e. The Hall–Kier alpha value is 0.0300. The summed E-state index contributed by atoms with van der Waals surface area (Å²) in [6.45, 7) is 0. The van der Waals surface area contributed by atoms with Gasteiger partial charge in [-0.2, -0.15) is 0 Å². The normalized spacial score (nSPS) is 26.3. The molecule has 1 atom stereocenters. The van der Waals surface area contributed by atoms with E-state index < -0.39 is 0 Å². The fraction of sp³-hybridized carbons (Fsp3) is 0.778. The number of hydrogen-bond donors (Lipinski definition) is 0. The van der Waals surface area contributed by atoms with Gasteiger partial charge < -0.3 is 0 Å². The van der Waals surface area contributed by atoms with Gasteiger partial charge >= 0.3 is 0 Å². The molecule has 0 saturated heterocycles. The highest BCUT2D eigenvalue weighted by Crippen LogP contribution is 2.19. The highest BCUT2D eigenvalue weighted by Gasteiger charge is 2.05. The molecule has 0 bridgehead atoms. The second-order valence-corrected chi connectivity index (χ2v) is 3.33. The Kier molecular flexibility index (Phi) is 3.89. The smallest absolute Gasteiger partial charge is 0.0229 e. The molecule has 1 unspecified atom stereocenters. The molecule has 10 heavy (non-hydrogen) atoms. The van der Waals surface area contributed by atoms with E-state index in [2.05, 4.69) is 12.2 Å². The van der Waals surface area contributed by atoms with Gasteiger partial charge in [0.1, 0.15) is 0 Å². The average Bonchev–Trinajstić information content (AvgIpc) is 2.17. The number of rotatable bonds is 2. The largest absolute Gasteiger partial charge is 0.127 e. The zero-order valence-electron chi connectivity index (χ0n) is 6.35. The van der Waals surface area contributed by atoms with Crippen LogP contribution in [0, 0.1) is 5.92 Å². The lowest BCUT2D eigenvalue weighted by molar-refractivity contribution is 0.550. The maximum absolute atomic E-state index is 5.65. The Morgan fingerprint density at radius 1 is 1.40 bits per heavy atom. The molecule has 0 aromatic carbocycles. The lowest BCUT2D eigenvalue weighted by Crippen LogP contribution is -1.95. The van der Waals surface area contributed by atoms with E-state index in [1.807, 2.05) is 0 Å². The van der Waals surface area contributed by atoms with Gasteiger partial charge in [-0.25, -0.2) is 0 Å². The Morgan fingerprint density at radius 2 is 2.30 bits per heavy atom. The highest BCUT2D eigenvalue weighted by atomic mass is 35.5. The summed E-state index contributed by atoms with van der Waals surface area (Å²) in [5.74, 6) is 1.59. The van der Waals surface area contributed by atoms with Crippen molar-refractivity contribution in [3.63, 3.8) is 0 Å². The first-order valence-corrected chi connectivity index (χ1v) is 4.69. The van der Waals surface area contributed by atoms with Crippen molar-refractivity contribution in [3.8, 4) is 0 Å². The molecule has 0 fully saturated rings. The van der Waals surface area contributed by atoms with Crippen LogP contribution >= 0.6 is 11.6 Å². The van der Waals surface area contributed by atoms with Gasteiger partial charge in [0, 0.05) is 5.88 Å². The van der Waals surface area contributed by atoms with Crippen molar-refractivity contribution in [1.82, 2.24) is 0 Å². The fourth-order valence-corrected chi connectivity index (χ4v) is 1.71. The second kappa shape index (κ2) is 4.79. The monoisotopic (exact) mass is 158 g/mol. The summed E-state index contributed by atoms with van der Waals surface area (Å²) >= 11 is 5.65. The summed E-state index contributed by atoms with van der Waals surface area (Å²) in [6, 6.07) is 0. The van der Waals surface area contributed by atoms with Gasteiger partial charge in [-0.3, -0.25) is 0 Å². The van der Waals surface area contributed by atoms with Gasteiger partial charge in [-0.1, -0.05) is 18.6 Å². The molecule has 0 spiro atoms. The van der Waals surface area contributed by atoms with Gasteiger partial charge in [-0.05, 0) is 31.6 Å². The van der Waals surface area contributed by atoms with Crippen LogP contribution in [0.5, 0.6) is 0 Å². The summed E-state index contributed by atoms with van der Waals surface area (Å²) in [5.41, 5.74) is 0. The van der Waals surface area contributed by atoms with Crippen LogP contribution in [0.3, 0.4) is 0 Å². The molecule has 58 valence electrons. The van der Waals surface area contributed by atoms with E-state index in [4.69, 9.17) is 11.6 Å². The van der Waals surface area contributed by atoms with Crippen LogP contribution in [-0.4, -0.2) is 5.88 Å². The van der Waals surface area contributed by atoms with E-state index in [0.29, 0.717) is 0 Å². The molecular formula is C9H15Cl. The number of alkyl halides is 1. The van der Waals surface area contributed by atoms with Gasteiger partial charge in [0.25, 0.3) is 0 Å². The predicted molar refractivity (Wildman–Crippen MR) is 46.4 cm³/mol. The minimum absolute atomic E-state index is 0.778. The topological polar surface area (TPSA) is 0 Å². The number of allylic oxidation sites excluding steroid dienone is 2. The summed E-state index contributed by atoms with van der Waals surface area (Å²) in [5, 5.41) is 0. The first kappa shape index (κ1) is 8.13. The van der Waals surface area contributed by atoms with Gasteiger partial charge in [0.2, 0.25) is 0 Å². The Labute approximate surface area is 68.3 Å². The standard InChI is InChI=1S/C9H15Cl/c10-8-7-9-5-3-1-2-4-6-9/h3,5,9H,1-2,4,6-8H2. The van der Waals surface area contributed by atoms with Crippen molar-refractivity contribution in [2.45, 2.75) is 32.1 Å². The minimum atomic E-state index is 0.778. The lowest BCUT2D eigenvalue weighted by Gasteiger charge is -2.06. The molecule has 1 heteroatoms. The molecule has 1 aliphatic rings. The van der Waals surface area contributed by atoms with Crippen molar-refractivity contribution in [2.24, 2.45) is 5.92 Å². The molecule has 0 aromatic rings. The minimum Gasteiger partial charge on any atom is -0.127 e. The SMILES string of the molecule is ClCCC1C=CCCCC1. The first-order chi connectivity index (χ1) is 4.93. The zero-order chi connectivity index (χ0) is 7.23. The molecule has 0 aromatic heterocycles. The van der Waals surface area contributed by atoms with Gasteiger partial charge in [0.05, 0.1) is 0 Å². The third kappa shape index (κ3) is 2.74. The van der Waals surface area contributed by atoms with Crippen molar-refractivity contribution in [1.29, 1.82) is 0 Å². The van der Waals surface area contributed by atoms with Crippen molar-refractivity contribution >= 4 is 11.6 Å². The van der Waals surface area contributed by atoms with Crippen LogP contribution in [0.15, 0.2) is 12.2 Å². The predicted octanol–water partition coefficient (Wildman–Crippen LogP) is 3.36. The van der Waals surface area contributed by atoms with E-state index in [1.54, 1.807) is 0 Å². The van der Waals surface area contributed by atoms with Crippen LogP contribution < -0.4 is 0 Å². The first-order valence-electron chi connectivity index (χ1n) is 4.16. The van der Waals surface area contributed by atoms with Crippen molar-refractivity contribution in [2.75, 3.05) is 5.88 Å². The average molecular weight is 159 g/mol. The van der Waals surface area contributed by atoms with Crippen molar-refractivity contribution in [3.05, 3.63) is 12.2 Å². The third-order valence-electron chi connectivity index (χ3n) is 2.08. The lowest BCUT2D eigenvalue weighted by atomic mass is 10.0. The molecule has 0 heterocycles. The van der Waals surface area contributed by atoms with Gasteiger partial charge in [0.15, 0.2) is 0 Å². The number of hydrogen-bond acceptors (Lipinski definition) is 0. The number of halogens is 1. The summed E-state index contributed by atoms with van der Waals surface area (Å²) in [4.78, 5) is 0. The molecule has 0 N–H and O–H groups in total. The fourth-order valence-electron chi connectivity index (χ4n) is 1.43. The zero-order valence-corrected chi connectivity index (χ0v) is 7.11. The van der Waals surface area contributed by atoms with Crippen LogP contribution in [0.4, 0.5) is 0 Å². The van der Waals surface area contributed by atoms with Gasteiger partial charge in [-0.15, -0.1) is 11.6 Å². The second-order valence-electron chi connectivity index (χ2n) is 2.95. The Balaban J connectivity index is 2.27. The maximum atomic E-state index is 5.65. The molecule has 0 aliphatic heterocycles.